The second-order valence-corrected chi connectivity index (χ2v) is 6.11. The summed E-state index contributed by atoms with van der Waals surface area (Å²) in [7, 11) is 1.92. The van der Waals surface area contributed by atoms with Gasteiger partial charge in [0, 0.05) is 32.7 Å². The van der Waals surface area contributed by atoms with Crippen LogP contribution >= 0.6 is 0 Å². The molecule has 17 heavy (non-hydrogen) atoms. The van der Waals surface area contributed by atoms with Crippen LogP contribution < -0.4 is 5.32 Å². The molecule has 4 heteroatoms. The van der Waals surface area contributed by atoms with Crippen molar-refractivity contribution in [1.29, 1.82) is 0 Å². The highest BCUT2D eigenvalue weighted by atomic mass is 16.2. The number of carbonyl (C=O) groups excluding carboxylic acids is 1. The molecule has 2 saturated heterocycles. The molecule has 1 atom stereocenters. The van der Waals surface area contributed by atoms with Gasteiger partial charge in [0.15, 0.2) is 0 Å². The van der Waals surface area contributed by atoms with Crippen molar-refractivity contribution >= 4 is 5.91 Å². The number of hydrogen-bond donors (Lipinski definition) is 1. The molecule has 4 nitrogen and oxygen atoms in total. The Morgan fingerprint density at radius 2 is 2.12 bits per heavy atom. The predicted molar refractivity (Wildman–Crippen MR) is 68.9 cm³/mol. The van der Waals surface area contributed by atoms with Gasteiger partial charge in [0.05, 0.1) is 6.54 Å². The first-order valence-corrected chi connectivity index (χ1v) is 6.69. The van der Waals surface area contributed by atoms with Crippen LogP contribution in [0.4, 0.5) is 0 Å². The molecule has 0 aromatic rings. The highest BCUT2D eigenvalue weighted by Crippen LogP contribution is 2.30. The molecule has 0 saturated carbocycles. The van der Waals surface area contributed by atoms with Gasteiger partial charge in [-0.25, -0.2) is 0 Å². The van der Waals surface area contributed by atoms with E-state index in [4.69, 9.17) is 0 Å². The molecule has 1 unspecified atom stereocenters. The lowest BCUT2D eigenvalue weighted by atomic mass is 9.79. The zero-order valence-electron chi connectivity index (χ0n) is 11.3. The highest BCUT2D eigenvalue weighted by molar-refractivity contribution is 5.78. The Morgan fingerprint density at radius 1 is 1.35 bits per heavy atom. The summed E-state index contributed by atoms with van der Waals surface area (Å²) in [6.07, 6.45) is 2.26. The van der Waals surface area contributed by atoms with E-state index in [0.717, 1.165) is 39.0 Å². The first-order chi connectivity index (χ1) is 8.00. The summed E-state index contributed by atoms with van der Waals surface area (Å²) in [4.78, 5) is 16.2. The van der Waals surface area contributed by atoms with Crippen LogP contribution in [0.25, 0.3) is 0 Å². The minimum Gasteiger partial charge on any atom is -0.345 e. The Hall–Kier alpha value is -0.610. The van der Waals surface area contributed by atoms with Gasteiger partial charge in [-0.1, -0.05) is 13.8 Å². The Morgan fingerprint density at radius 3 is 2.82 bits per heavy atom. The smallest absolute Gasteiger partial charge is 0.236 e. The number of nitrogens with zero attached hydrogens (tertiary/aromatic N) is 2. The Kier molecular flexibility index (Phi) is 3.73. The van der Waals surface area contributed by atoms with Crippen LogP contribution in [0.2, 0.25) is 0 Å². The minimum atomic E-state index is 0.265. The van der Waals surface area contributed by atoms with Gasteiger partial charge < -0.3 is 10.2 Å². The monoisotopic (exact) mass is 239 g/mol. The van der Waals surface area contributed by atoms with Crippen LogP contribution in [0.3, 0.4) is 0 Å². The maximum absolute atomic E-state index is 11.9. The van der Waals surface area contributed by atoms with E-state index in [2.05, 4.69) is 24.1 Å². The third kappa shape index (κ3) is 2.80. The van der Waals surface area contributed by atoms with Crippen molar-refractivity contribution in [1.82, 2.24) is 15.1 Å². The number of amides is 1. The number of likely N-dealkylation sites (N-methyl/N-ethyl adjacent to an activating group) is 1. The second kappa shape index (κ2) is 4.94. The summed E-state index contributed by atoms with van der Waals surface area (Å²) >= 11 is 0. The van der Waals surface area contributed by atoms with E-state index in [1.807, 2.05) is 11.9 Å². The Labute approximate surface area is 104 Å². The third-order valence-corrected chi connectivity index (χ3v) is 4.22. The van der Waals surface area contributed by atoms with Crippen molar-refractivity contribution in [2.24, 2.45) is 5.41 Å². The summed E-state index contributed by atoms with van der Waals surface area (Å²) in [6.45, 7) is 9.31. The second-order valence-electron chi connectivity index (χ2n) is 6.11. The molecule has 0 aromatic heterocycles. The van der Waals surface area contributed by atoms with E-state index in [-0.39, 0.29) is 11.3 Å². The molecule has 0 aliphatic carbocycles. The lowest BCUT2D eigenvalue weighted by Gasteiger charge is -2.45. The SMILES string of the molecule is CN1CCCN(C2CCNCC2(C)C)CC1=O. The minimum absolute atomic E-state index is 0.265. The molecule has 2 heterocycles. The number of rotatable bonds is 1. The van der Waals surface area contributed by atoms with Gasteiger partial charge in [0.1, 0.15) is 0 Å². The first-order valence-electron chi connectivity index (χ1n) is 6.69. The van der Waals surface area contributed by atoms with Gasteiger partial charge in [-0.15, -0.1) is 0 Å². The van der Waals surface area contributed by atoms with E-state index in [0.29, 0.717) is 12.6 Å². The number of nitrogens with one attached hydrogen (secondary N) is 1. The molecule has 0 spiro atoms. The molecule has 0 radical (unpaired) electrons. The van der Waals surface area contributed by atoms with Crippen molar-refractivity contribution < 1.29 is 4.79 Å². The third-order valence-electron chi connectivity index (χ3n) is 4.22. The maximum Gasteiger partial charge on any atom is 0.236 e. The van der Waals surface area contributed by atoms with Crippen LogP contribution in [0.1, 0.15) is 26.7 Å². The molecular formula is C13H25N3O. The van der Waals surface area contributed by atoms with Crippen LogP contribution in [0, 0.1) is 5.41 Å². The van der Waals surface area contributed by atoms with Gasteiger partial charge >= 0.3 is 0 Å². The highest BCUT2D eigenvalue weighted by Gasteiger charge is 2.37. The number of hydrogen-bond acceptors (Lipinski definition) is 3. The fourth-order valence-electron chi connectivity index (χ4n) is 3.11. The van der Waals surface area contributed by atoms with Crippen molar-refractivity contribution in [3.63, 3.8) is 0 Å². The summed E-state index contributed by atoms with van der Waals surface area (Å²) in [5, 5.41) is 3.46. The zero-order chi connectivity index (χ0) is 12.5. The fourth-order valence-corrected chi connectivity index (χ4v) is 3.11. The molecule has 2 aliphatic rings. The van der Waals surface area contributed by atoms with Crippen molar-refractivity contribution in [2.45, 2.75) is 32.7 Å². The van der Waals surface area contributed by atoms with Crippen molar-refractivity contribution in [2.75, 3.05) is 39.8 Å². The van der Waals surface area contributed by atoms with Gasteiger partial charge in [0.25, 0.3) is 0 Å². The van der Waals surface area contributed by atoms with Crippen LogP contribution in [-0.2, 0) is 4.79 Å². The van der Waals surface area contributed by atoms with Crippen LogP contribution in [-0.4, -0.2) is 61.5 Å². The first kappa shape index (κ1) is 12.8. The average molecular weight is 239 g/mol. The largest absolute Gasteiger partial charge is 0.345 e. The fraction of sp³-hybridized carbons (Fsp3) is 0.923. The summed E-state index contributed by atoms with van der Waals surface area (Å²) in [6, 6.07) is 0.541. The van der Waals surface area contributed by atoms with Gasteiger partial charge in [-0.3, -0.25) is 9.69 Å². The van der Waals surface area contributed by atoms with Gasteiger partial charge in [-0.05, 0) is 24.8 Å². The molecule has 1 amide bonds. The standard InChI is InChI=1S/C13H25N3O/c1-13(2)10-14-6-5-11(13)16-8-4-7-15(3)12(17)9-16/h11,14H,4-10H2,1-3H3. The molecule has 2 rings (SSSR count). The van der Waals surface area contributed by atoms with E-state index >= 15 is 0 Å². The van der Waals surface area contributed by atoms with Crippen molar-refractivity contribution in [3.8, 4) is 0 Å². The zero-order valence-corrected chi connectivity index (χ0v) is 11.3. The van der Waals surface area contributed by atoms with Gasteiger partial charge in [0.2, 0.25) is 5.91 Å². The van der Waals surface area contributed by atoms with E-state index in [1.54, 1.807) is 0 Å². The molecular weight excluding hydrogens is 214 g/mol. The lowest BCUT2D eigenvalue weighted by molar-refractivity contribution is -0.131. The van der Waals surface area contributed by atoms with E-state index < -0.39 is 0 Å². The molecule has 1 N–H and O–H groups in total. The summed E-state index contributed by atoms with van der Waals surface area (Å²) < 4.78 is 0. The maximum atomic E-state index is 11.9. The number of piperidine rings is 1. The van der Waals surface area contributed by atoms with Crippen LogP contribution in [0.15, 0.2) is 0 Å². The van der Waals surface area contributed by atoms with E-state index in [1.165, 1.54) is 0 Å². The van der Waals surface area contributed by atoms with Crippen LogP contribution in [0.5, 0.6) is 0 Å². The average Bonchev–Trinajstić information content (AvgIpc) is 2.41. The molecule has 98 valence electrons. The Bertz CT molecular complexity index is 290. The normalized spacial score (nSPS) is 31.4. The molecule has 0 bridgehead atoms. The van der Waals surface area contributed by atoms with Crippen molar-refractivity contribution in [3.05, 3.63) is 0 Å². The number of carbonyl (C=O) groups is 1. The molecule has 2 aliphatic heterocycles. The summed E-state index contributed by atoms with van der Waals surface area (Å²) in [5.41, 5.74) is 0.265. The lowest BCUT2D eigenvalue weighted by Crippen LogP contribution is -2.55. The van der Waals surface area contributed by atoms with Gasteiger partial charge in [-0.2, -0.15) is 0 Å². The predicted octanol–water partition coefficient (Wildman–Crippen LogP) is 0.539. The molecule has 2 fully saturated rings. The quantitative estimate of drug-likeness (QED) is 0.725. The Balaban J connectivity index is 2.07. The molecule has 0 aromatic carbocycles. The topological polar surface area (TPSA) is 35.6 Å². The van der Waals surface area contributed by atoms with E-state index in [9.17, 15) is 4.79 Å². The summed E-state index contributed by atoms with van der Waals surface area (Å²) in [5.74, 6) is 0.275.